The zero-order valence-corrected chi connectivity index (χ0v) is 13.8. The smallest absolute Gasteiger partial charge is 0.246 e. The second-order valence-electron chi connectivity index (χ2n) is 6.32. The Hall–Kier alpha value is -1.88. The molecule has 0 aliphatic carbocycles. The lowest BCUT2D eigenvalue weighted by atomic mass is 10.0. The van der Waals surface area contributed by atoms with E-state index in [0.29, 0.717) is 12.1 Å². The van der Waals surface area contributed by atoms with E-state index in [2.05, 4.69) is 10.6 Å². The fraction of sp³-hybridized carbons (Fsp3) is 0.529. The van der Waals surface area contributed by atoms with E-state index in [1.54, 1.807) is 0 Å². The molecule has 0 saturated carbocycles. The van der Waals surface area contributed by atoms with E-state index in [4.69, 9.17) is 5.73 Å². The van der Waals surface area contributed by atoms with Gasteiger partial charge < -0.3 is 16.4 Å². The molecule has 4 N–H and O–H groups in total. The molecule has 0 aliphatic heterocycles. The van der Waals surface area contributed by atoms with E-state index >= 15 is 0 Å². The van der Waals surface area contributed by atoms with Gasteiger partial charge in [0.1, 0.15) is 6.04 Å². The maximum atomic E-state index is 12.4. The molecule has 5 heteroatoms. The quantitative estimate of drug-likeness (QED) is 0.721. The Morgan fingerprint density at radius 3 is 2.14 bits per heavy atom. The molecule has 0 aliphatic rings. The third kappa shape index (κ3) is 5.85. The Morgan fingerprint density at radius 1 is 1.05 bits per heavy atom. The molecule has 0 aromatic heterocycles. The molecule has 2 amide bonds. The standard InChI is InChI=1S/C17H27N3O2/c1-11(2)10-14(20-17(22)15(18)12(3)4)16(21)19-13-8-6-5-7-9-13/h5-9,11-12,14-15H,10,18H2,1-4H3,(H,19,21)(H,20,22)/t14-,15+/m1/s1. The van der Waals surface area contributed by atoms with Gasteiger partial charge in [-0.15, -0.1) is 0 Å². The van der Waals surface area contributed by atoms with Crippen molar-refractivity contribution in [2.24, 2.45) is 17.6 Å². The van der Waals surface area contributed by atoms with Crippen LogP contribution in [0.5, 0.6) is 0 Å². The highest BCUT2D eigenvalue weighted by atomic mass is 16.2. The number of hydrogen-bond acceptors (Lipinski definition) is 3. The molecule has 0 fully saturated rings. The molecule has 122 valence electrons. The van der Waals surface area contributed by atoms with Crippen LogP contribution in [0.1, 0.15) is 34.1 Å². The van der Waals surface area contributed by atoms with Crippen molar-refractivity contribution in [3.63, 3.8) is 0 Å². The van der Waals surface area contributed by atoms with Gasteiger partial charge in [0.2, 0.25) is 11.8 Å². The molecule has 5 nitrogen and oxygen atoms in total. The van der Waals surface area contributed by atoms with Gasteiger partial charge in [-0.1, -0.05) is 45.9 Å². The van der Waals surface area contributed by atoms with Gasteiger partial charge in [0, 0.05) is 5.69 Å². The summed E-state index contributed by atoms with van der Waals surface area (Å²) >= 11 is 0. The molecule has 1 rings (SSSR count). The molecule has 0 unspecified atom stereocenters. The molecule has 0 spiro atoms. The maximum Gasteiger partial charge on any atom is 0.246 e. The fourth-order valence-electron chi connectivity index (χ4n) is 2.02. The Bertz CT molecular complexity index is 486. The molecular weight excluding hydrogens is 278 g/mol. The van der Waals surface area contributed by atoms with Gasteiger partial charge >= 0.3 is 0 Å². The van der Waals surface area contributed by atoms with Crippen LogP contribution in [0.25, 0.3) is 0 Å². The highest BCUT2D eigenvalue weighted by molar-refractivity contribution is 5.97. The topological polar surface area (TPSA) is 84.2 Å². The van der Waals surface area contributed by atoms with Gasteiger partial charge in [-0.3, -0.25) is 9.59 Å². The predicted octanol–water partition coefficient (Wildman–Crippen LogP) is 2.14. The van der Waals surface area contributed by atoms with Crippen molar-refractivity contribution in [3.8, 4) is 0 Å². The lowest BCUT2D eigenvalue weighted by molar-refractivity contribution is -0.128. The predicted molar refractivity (Wildman–Crippen MR) is 89.3 cm³/mol. The molecular formula is C17H27N3O2. The van der Waals surface area contributed by atoms with Crippen molar-refractivity contribution in [1.29, 1.82) is 0 Å². The maximum absolute atomic E-state index is 12.4. The number of nitrogens with two attached hydrogens (primary N) is 1. The number of hydrogen-bond donors (Lipinski definition) is 3. The number of carbonyl (C=O) groups is 2. The first-order valence-corrected chi connectivity index (χ1v) is 7.73. The summed E-state index contributed by atoms with van der Waals surface area (Å²) in [6.07, 6.45) is 0.565. The van der Waals surface area contributed by atoms with Crippen LogP contribution >= 0.6 is 0 Å². The largest absolute Gasteiger partial charge is 0.343 e. The van der Waals surface area contributed by atoms with Crippen molar-refractivity contribution < 1.29 is 9.59 Å². The van der Waals surface area contributed by atoms with Crippen LogP contribution in [0.4, 0.5) is 5.69 Å². The molecule has 2 atom stereocenters. The summed E-state index contributed by atoms with van der Waals surface area (Å²) in [5.74, 6) is -0.202. The average Bonchev–Trinajstić information content (AvgIpc) is 2.46. The third-order valence-corrected chi connectivity index (χ3v) is 3.40. The van der Waals surface area contributed by atoms with Crippen LogP contribution in [0, 0.1) is 11.8 Å². The van der Waals surface area contributed by atoms with Crippen LogP contribution in [0.15, 0.2) is 30.3 Å². The summed E-state index contributed by atoms with van der Waals surface area (Å²) in [7, 11) is 0. The van der Waals surface area contributed by atoms with Crippen LogP contribution in [-0.4, -0.2) is 23.9 Å². The zero-order valence-electron chi connectivity index (χ0n) is 13.8. The first-order valence-electron chi connectivity index (χ1n) is 7.73. The molecule has 0 radical (unpaired) electrons. The van der Waals surface area contributed by atoms with E-state index < -0.39 is 12.1 Å². The average molecular weight is 305 g/mol. The molecule has 0 saturated heterocycles. The Balaban J connectivity index is 2.75. The van der Waals surface area contributed by atoms with Crippen LogP contribution < -0.4 is 16.4 Å². The van der Waals surface area contributed by atoms with Crippen molar-refractivity contribution in [1.82, 2.24) is 5.32 Å². The molecule has 1 aromatic rings. The number of anilines is 1. The zero-order chi connectivity index (χ0) is 16.7. The second-order valence-corrected chi connectivity index (χ2v) is 6.32. The molecule has 0 bridgehead atoms. The lowest BCUT2D eigenvalue weighted by Crippen LogP contribution is -2.52. The normalized spacial score (nSPS) is 13.8. The van der Waals surface area contributed by atoms with Crippen LogP contribution in [-0.2, 0) is 9.59 Å². The summed E-state index contributed by atoms with van der Waals surface area (Å²) < 4.78 is 0. The van der Waals surface area contributed by atoms with Crippen molar-refractivity contribution in [3.05, 3.63) is 30.3 Å². The van der Waals surface area contributed by atoms with Crippen LogP contribution in [0.3, 0.4) is 0 Å². The highest BCUT2D eigenvalue weighted by Crippen LogP contribution is 2.11. The van der Waals surface area contributed by atoms with E-state index in [0.717, 1.165) is 0 Å². The third-order valence-electron chi connectivity index (χ3n) is 3.40. The van der Waals surface area contributed by atoms with Gasteiger partial charge in [-0.2, -0.15) is 0 Å². The first kappa shape index (κ1) is 18.2. The van der Waals surface area contributed by atoms with Crippen molar-refractivity contribution in [2.75, 3.05) is 5.32 Å². The van der Waals surface area contributed by atoms with Gasteiger partial charge in [-0.25, -0.2) is 0 Å². The fourth-order valence-corrected chi connectivity index (χ4v) is 2.02. The van der Waals surface area contributed by atoms with Crippen LogP contribution in [0.2, 0.25) is 0 Å². The van der Waals surface area contributed by atoms with Gasteiger partial charge in [-0.05, 0) is 30.4 Å². The van der Waals surface area contributed by atoms with E-state index in [-0.39, 0.29) is 23.7 Å². The minimum absolute atomic E-state index is 0.0249. The number of amides is 2. The Morgan fingerprint density at radius 2 is 1.64 bits per heavy atom. The summed E-state index contributed by atoms with van der Waals surface area (Å²) in [6, 6.07) is 8.00. The molecule has 0 heterocycles. The van der Waals surface area contributed by atoms with Crippen molar-refractivity contribution in [2.45, 2.75) is 46.2 Å². The molecule has 22 heavy (non-hydrogen) atoms. The van der Waals surface area contributed by atoms with Gasteiger partial charge in [0.05, 0.1) is 6.04 Å². The first-order chi connectivity index (χ1) is 10.3. The monoisotopic (exact) mass is 305 g/mol. The van der Waals surface area contributed by atoms with E-state index in [1.807, 2.05) is 58.0 Å². The number of benzene rings is 1. The van der Waals surface area contributed by atoms with E-state index in [9.17, 15) is 9.59 Å². The lowest BCUT2D eigenvalue weighted by Gasteiger charge is -2.23. The number of para-hydroxylation sites is 1. The minimum atomic E-state index is -0.612. The SMILES string of the molecule is CC(C)C[C@@H](NC(=O)[C@@H](N)C(C)C)C(=O)Nc1ccccc1. The summed E-state index contributed by atoms with van der Waals surface area (Å²) in [5.41, 5.74) is 6.56. The summed E-state index contributed by atoms with van der Waals surface area (Å²) in [4.78, 5) is 24.5. The van der Waals surface area contributed by atoms with E-state index in [1.165, 1.54) is 0 Å². The second kappa shape index (κ2) is 8.54. The van der Waals surface area contributed by atoms with Gasteiger partial charge in [0.15, 0.2) is 0 Å². The number of nitrogens with one attached hydrogen (secondary N) is 2. The number of rotatable bonds is 7. The summed E-state index contributed by atoms with van der Waals surface area (Å²) in [5, 5.41) is 5.60. The number of carbonyl (C=O) groups excluding carboxylic acids is 2. The summed E-state index contributed by atoms with van der Waals surface area (Å²) in [6.45, 7) is 7.78. The minimum Gasteiger partial charge on any atom is -0.343 e. The highest BCUT2D eigenvalue weighted by Gasteiger charge is 2.25. The van der Waals surface area contributed by atoms with Gasteiger partial charge in [0.25, 0.3) is 0 Å². The van der Waals surface area contributed by atoms with Crippen molar-refractivity contribution >= 4 is 17.5 Å². The molecule has 1 aromatic carbocycles. The Kier molecular flexibility index (Phi) is 7.05. The Labute approximate surface area is 132 Å².